The molecule has 0 aliphatic carbocycles. The van der Waals surface area contributed by atoms with E-state index in [4.69, 9.17) is 4.74 Å². The van der Waals surface area contributed by atoms with E-state index in [1.54, 1.807) is 13.8 Å². The lowest BCUT2D eigenvalue weighted by atomic mass is 9.87. The van der Waals surface area contributed by atoms with Gasteiger partial charge in [-0.15, -0.1) is 0 Å². The summed E-state index contributed by atoms with van der Waals surface area (Å²) in [6.07, 6.45) is -0.686. The van der Waals surface area contributed by atoms with Gasteiger partial charge in [-0.1, -0.05) is 81.4 Å². The summed E-state index contributed by atoms with van der Waals surface area (Å²) in [5.74, 6) is -0.773. The van der Waals surface area contributed by atoms with Gasteiger partial charge in [0.2, 0.25) is 0 Å². The van der Waals surface area contributed by atoms with Gasteiger partial charge in [-0.25, -0.2) is 10.2 Å². The summed E-state index contributed by atoms with van der Waals surface area (Å²) in [6, 6.07) is 18.1. The Kier molecular flexibility index (Phi) is 9.20. The number of rotatable bonds is 9. The molecule has 174 valence electrons. The number of hydrogen-bond donors (Lipinski definition) is 3. The number of amides is 1. The standard InChI is InChI=1S/C24H34N3O4P/c1-6-31-23(29)27-26-18(2)22(25-21(17-28)24(3,4)5)32(30,19-13-9-7-10-14-19)20-15-11-8-12-16-20/h7-16,21-22,25,28H,6,17H2,1-5H3,(H,27,29)/b26-18+/t21-,22?/m1/s1. The van der Waals surface area contributed by atoms with Crippen molar-refractivity contribution in [3.8, 4) is 0 Å². The third-order valence-corrected chi connectivity index (χ3v) is 8.61. The van der Waals surface area contributed by atoms with E-state index in [-0.39, 0.29) is 24.7 Å². The first-order valence-electron chi connectivity index (χ1n) is 10.7. The van der Waals surface area contributed by atoms with E-state index in [1.165, 1.54) is 0 Å². The minimum atomic E-state index is -3.35. The van der Waals surface area contributed by atoms with Gasteiger partial charge < -0.3 is 14.4 Å². The van der Waals surface area contributed by atoms with Gasteiger partial charge in [-0.2, -0.15) is 5.10 Å². The number of hydrazone groups is 1. The van der Waals surface area contributed by atoms with Gasteiger partial charge in [-0.05, 0) is 19.3 Å². The maximum absolute atomic E-state index is 14.9. The number of carbonyl (C=O) groups excluding carboxylic acids is 1. The van der Waals surface area contributed by atoms with E-state index in [2.05, 4.69) is 15.8 Å². The van der Waals surface area contributed by atoms with E-state index in [0.717, 1.165) is 0 Å². The van der Waals surface area contributed by atoms with Crippen molar-refractivity contribution in [3.05, 3.63) is 60.7 Å². The zero-order chi connectivity index (χ0) is 23.8. The van der Waals surface area contributed by atoms with Crippen LogP contribution in [0, 0.1) is 5.41 Å². The largest absolute Gasteiger partial charge is 0.449 e. The molecular formula is C24H34N3O4P. The molecule has 0 heterocycles. The molecular weight excluding hydrogens is 425 g/mol. The number of ether oxygens (including phenoxy) is 1. The van der Waals surface area contributed by atoms with Crippen molar-refractivity contribution in [2.45, 2.75) is 46.4 Å². The van der Waals surface area contributed by atoms with Crippen LogP contribution in [0.25, 0.3) is 0 Å². The number of benzene rings is 2. The second-order valence-corrected chi connectivity index (χ2v) is 11.5. The molecule has 2 atom stereocenters. The first-order chi connectivity index (χ1) is 15.1. The topological polar surface area (TPSA) is 100 Å². The lowest BCUT2D eigenvalue weighted by molar-refractivity contribution is 0.152. The molecule has 0 saturated heterocycles. The molecule has 2 aromatic carbocycles. The fraction of sp³-hybridized carbons (Fsp3) is 0.417. The Morgan fingerprint density at radius 3 is 1.97 bits per heavy atom. The third-order valence-electron chi connectivity index (χ3n) is 5.22. The van der Waals surface area contributed by atoms with Gasteiger partial charge in [0.1, 0.15) is 5.78 Å². The normalized spacial score (nSPS) is 14.5. The molecule has 0 radical (unpaired) electrons. The van der Waals surface area contributed by atoms with Crippen LogP contribution in [-0.2, 0) is 9.30 Å². The Morgan fingerprint density at radius 1 is 1.06 bits per heavy atom. The zero-order valence-electron chi connectivity index (χ0n) is 19.4. The number of nitrogens with one attached hydrogen (secondary N) is 2. The maximum atomic E-state index is 14.9. The molecule has 3 N–H and O–H groups in total. The number of aliphatic hydroxyl groups excluding tert-OH is 1. The molecule has 1 amide bonds. The first kappa shape index (κ1) is 25.8. The van der Waals surface area contributed by atoms with Crippen LogP contribution in [0.1, 0.15) is 34.6 Å². The first-order valence-corrected chi connectivity index (χ1v) is 12.5. The van der Waals surface area contributed by atoms with E-state index in [1.807, 2.05) is 81.4 Å². The van der Waals surface area contributed by atoms with Gasteiger partial charge in [0, 0.05) is 16.7 Å². The summed E-state index contributed by atoms with van der Waals surface area (Å²) in [6.45, 7) is 9.47. The minimum absolute atomic E-state index is 0.151. The SMILES string of the molecule is CCOC(=O)N/N=C(\C)C(N[C@H](CO)C(C)(C)C)P(=O)(c1ccccc1)c1ccccc1. The molecule has 0 saturated carbocycles. The molecule has 8 heteroatoms. The molecule has 0 aliphatic rings. The van der Waals surface area contributed by atoms with Gasteiger partial charge in [0.15, 0.2) is 7.14 Å². The molecule has 2 aromatic rings. The van der Waals surface area contributed by atoms with Gasteiger partial charge in [0.25, 0.3) is 0 Å². The smallest absolute Gasteiger partial charge is 0.427 e. The Morgan fingerprint density at radius 2 is 1.56 bits per heavy atom. The molecule has 1 unspecified atom stereocenters. The Labute approximate surface area is 190 Å². The summed E-state index contributed by atoms with van der Waals surface area (Å²) in [5.41, 5.74) is 2.47. The van der Waals surface area contributed by atoms with Gasteiger partial charge in [0.05, 0.1) is 18.9 Å². The molecule has 7 nitrogen and oxygen atoms in total. The Balaban J connectivity index is 2.65. The Bertz CT molecular complexity index is 899. The number of aliphatic hydroxyl groups is 1. The van der Waals surface area contributed by atoms with Crippen molar-refractivity contribution < 1.29 is 19.2 Å². The highest BCUT2D eigenvalue weighted by atomic mass is 31.2. The van der Waals surface area contributed by atoms with Crippen molar-refractivity contribution >= 4 is 29.6 Å². The van der Waals surface area contributed by atoms with Crippen molar-refractivity contribution in [2.24, 2.45) is 10.5 Å². The van der Waals surface area contributed by atoms with Crippen molar-refractivity contribution in [1.82, 2.24) is 10.7 Å². The van der Waals surface area contributed by atoms with E-state index in [9.17, 15) is 14.5 Å². The van der Waals surface area contributed by atoms with Crippen molar-refractivity contribution in [1.29, 1.82) is 0 Å². The van der Waals surface area contributed by atoms with Gasteiger partial charge >= 0.3 is 6.09 Å². The molecule has 0 aliphatic heterocycles. The highest BCUT2D eigenvalue weighted by Crippen LogP contribution is 2.48. The van der Waals surface area contributed by atoms with Crippen LogP contribution in [0.2, 0.25) is 0 Å². The molecule has 2 rings (SSSR count). The average Bonchev–Trinajstić information content (AvgIpc) is 2.78. The number of hydrogen-bond acceptors (Lipinski definition) is 6. The molecule has 0 aromatic heterocycles. The fourth-order valence-corrected chi connectivity index (χ4v) is 6.46. The van der Waals surface area contributed by atoms with E-state index < -0.39 is 19.0 Å². The Hall–Kier alpha value is -2.47. The highest BCUT2D eigenvalue weighted by molar-refractivity contribution is 7.80. The zero-order valence-corrected chi connectivity index (χ0v) is 20.3. The lowest BCUT2D eigenvalue weighted by Crippen LogP contribution is -2.52. The maximum Gasteiger partial charge on any atom is 0.427 e. The van der Waals surface area contributed by atoms with Crippen molar-refractivity contribution in [2.75, 3.05) is 13.2 Å². The van der Waals surface area contributed by atoms with E-state index in [0.29, 0.717) is 16.3 Å². The van der Waals surface area contributed by atoms with Crippen LogP contribution >= 0.6 is 7.14 Å². The highest BCUT2D eigenvalue weighted by Gasteiger charge is 2.41. The van der Waals surface area contributed by atoms with Crippen LogP contribution in [0.3, 0.4) is 0 Å². The minimum Gasteiger partial charge on any atom is -0.449 e. The summed E-state index contributed by atoms with van der Waals surface area (Å²) >= 11 is 0. The van der Waals surface area contributed by atoms with E-state index >= 15 is 0 Å². The predicted octanol–water partition coefficient (Wildman–Crippen LogP) is 3.45. The van der Waals surface area contributed by atoms with Crippen LogP contribution in [-0.4, -0.2) is 41.9 Å². The van der Waals surface area contributed by atoms with Crippen LogP contribution in [0.4, 0.5) is 4.79 Å². The van der Waals surface area contributed by atoms with Crippen LogP contribution < -0.4 is 21.4 Å². The third kappa shape index (κ3) is 6.28. The van der Waals surface area contributed by atoms with Crippen LogP contribution in [0.5, 0.6) is 0 Å². The molecule has 0 bridgehead atoms. The van der Waals surface area contributed by atoms with Crippen LogP contribution in [0.15, 0.2) is 65.8 Å². The molecule has 0 fully saturated rings. The monoisotopic (exact) mass is 459 g/mol. The number of nitrogens with zero attached hydrogens (tertiary/aromatic N) is 1. The second-order valence-electron chi connectivity index (χ2n) is 8.58. The summed E-state index contributed by atoms with van der Waals surface area (Å²) < 4.78 is 19.8. The number of carbonyl (C=O) groups is 1. The quantitative estimate of drug-likeness (QED) is 0.303. The lowest BCUT2D eigenvalue weighted by Gasteiger charge is -2.37. The summed E-state index contributed by atoms with van der Waals surface area (Å²) in [4.78, 5) is 11.8. The van der Waals surface area contributed by atoms with Gasteiger partial charge in [-0.3, -0.25) is 5.32 Å². The second kappa shape index (κ2) is 11.4. The fourth-order valence-electron chi connectivity index (χ4n) is 3.36. The summed E-state index contributed by atoms with van der Waals surface area (Å²) in [7, 11) is -3.35. The average molecular weight is 460 g/mol. The predicted molar refractivity (Wildman–Crippen MR) is 130 cm³/mol. The molecule has 0 spiro atoms. The summed E-state index contributed by atoms with van der Waals surface area (Å²) in [5, 5.41) is 19.0. The van der Waals surface area contributed by atoms with Crippen molar-refractivity contribution in [3.63, 3.8) is 0 Å². The molecule has 32 heavy (non-hydrogen) atoms.